The van der Waals surface area contributed by atoms with Gasteiger partial charge in [-0.25, -0.2) is 4.98 Å². The zero-order valence-corrected chi connectivity index (χ0v) is 14.5. The number of fused-ring (bicyclic) bond motifs is 1. The number of carbonyl (C=O) groups is 1. The maximum Gasteiger partial charge on any atom is 0.272 e. The van der Waals surface area contributed by atoms with Gasteiger partial charge in [-0.05, 0) is 36.1 Å². The summed E-state index contributed by atoms with van der Waals surface area (Å²) in [5, 5.41) is 0. The lowest BCUT2D eigenvalue weighted by molar-refractivity contribution is 0.0729. The molecule has 0 unspecified atom stereocenters. The third-order valence-electron chi connectivity index (χ3n) is 4.67. The second-order valence-corrected chi connectivity index (χ2v) is 6.42. The van der Waals surface area contributed by atoms with Crippen LogP contribution in [0.25, 0.3) is 0 Å². The number of nitrogens with zero attached hydrogens (tertiary/aromatic N) is 3. The summed E-state index contributed by atoms with van der Waals surface area (Å²) in [6, 6.07) is 12.2. The van der Waals surface area contributed by atoms with Crippen molar-refractivity contribution in [2.24, 2.45) is 0 Å². The first-order valence-corrected chi connectivity index (χ1v) is 8.72. The molecule has 0 N–H and O–H groups in total. The van der Waals surface area contributed by atoms with Crippen LogP contribution in [0, 0.1) is 0 Å². The summed E-state index contributed by atoms with van der Waals surface area (Å²) < 4.78 is 0. The first-order chi connectivity index (χ1) is 11.7. The summed E-state index contributed by atoms with van der Waals surface area (Å²) in [4.78, 5) is 21.2. The van der Waals surface area contributed by atoms with Gasteiger partial charge in [0.15, 0.2) is 0 Å². The number of benzene rings is 1. The lowest BCUT2D eigenvalue weighted by Crippen LogP contribution is -2.36. The number of unbranched alkanes of at least 4 members (excludes halogenated alkanes) is 1. The fourth-order valence-electron chi connectivity index (χ4n) is 3.09. The van der Waals surface area contributed by atoms with Crippen LogP contribution in [-0.4, -0.2) is 35.9 Å². The minimum Gasteiger partial charge on any atom is -0.373 e. The number of rotatable bonds is 5. The van der Waals surface area contributed by atoms with Gasteiger partial charge >= 0.3 is 0 Å². The minimum atomic E-state index is 0.0206. The van der Waals surface area contributed by atoms with E-state index in [1.807, 2.05) is 23.1 Å². The molecule has 1 aliphatic heterocycles. The van der Waals surface area contributed by atoms with Crippen LogP contribution in [0.3, 0.4) is 0 Å². The number of carbonyl (C=O) groups excluding carboxylic acids is 1. The highest BCUT2D eigenvalue weighted by Gasteiger charge is 2.22. The van der Waals surface area contributed by atoms with E-state index in [9.17, 15) is 4.79 Å². The standard InChI is InChI=1S/C20H25N3O/c1-3-4-12-22(2)18-9-10-19(21-14-18)20(24)23-13-11-16-7-5-6-8-17(16)15-23/h5-10,14H,3-4,11-13,15H2,1-2H3. The SMILES string of the molecule is CCCCN(C)c1ccc(C(=O)N2CCc3ccccc3C2)nc1. The third kappa shape index (κ3) is 3.58. The van der Waals surface area contributed by atoms with Crippen molar-refractivity contribution in [3.8, 4) is 0 Å². The van der Waals surface area contributed by atoms with Gasteiger partial charge in [0.2, 0.25) is 0 Å². The van der Waals surface area contributed by atoms with E-state index in [0.717, 1.165) is 31.6 Å². The monoisotopic (exact) mass is 323 g/mol. The zero-order chi connectivity index (χ0) is 16.9. The molecule has 24 heavy (non-hydrogen) atoms. The highest BCUT2D eigenvalue weighted by Crippen LogP contribution is 2.20. The first kappa shape index (κ1) is 16.5. The maximum absolute atomic E-state index is 12.7. The molecule has 4 heteroatoms. The highest BCUT2D eigenvalue weighted by atomic mass is 16.2. The van der Waals surface area contributed by atoms with E-state index in [-0.39, 0.29) is 5.91 Å². The summed E-state index contributed by atoms with van der Waals surface area (Å²) in [5.41, 5.74) is 4.18. The van der Waals surface area contributed by atoms with Crippen LogP contribution in [0.2, 0.25) is 0 Å². The molecule has 0 saturated heterocycles. The molecule has 2 heterocycles. The molecule has 0 radical (unpaired) electrons. The Balaban J connectivity index is 1.67. The molecule has 1 amide bonds. The predicted octanol–water partition coefficient (Wildman–Crippen LogP) is 3.52. The van der Waals surface area contributed by atoms with E-state index in [4.69, 9.17) is 0 Å². The normalized spacial score (nSPS) is 13.5. The first-order valence-electron chi connectivity index (χ1n) is 8.72. The molecular formula is C20H25N3O. The number of amides is 1. The van der Waals surface area contributed by atoms with E-state index in [2.05, 4.69) is 42.1 Å². The van der Waals surface area contributed by atoms with Crippen molar-refractivity contribution in [1.29, 1.82) is 0 Å². The quantitative estimate of drug-likeness (QED) is 0.845. The second kappa shape index (κ2) is 7.47. The Hall–Kier alpha value is -2.36. The lowest BCUT2D eigenvalue weighted by Gasteiger charge is -2.28. The topological polar surface area (TPSA) is 36.4 Å². The maximum atomic E-state index is 12.7. The van der Waals surface area contributed by atoms with E-state index < -0.39 is 0 Å². The molecule has 1 aromatic heterocycles. The van der Waals surface area contributed by atoms with Crippen molar-refractivity contribution in [1.82, 2.24) is 9.88 Å². The van der Waals surface area contributed by atoms with Gasteiger partial charge in [0, 0.05) is 26.7 Å². The third-order valence-corrected chi connectivity index (χ3v) is 4.67. The van der Waals surface area contributed by atoms with E-state index in [0.29, 0.717) is 12.2 Å². The molecule has 0 spiro atoms. The van der Waals surface area contributed by atoms with Gasteiger partial charge in [-0.15, -0.1) is 0 Å². The summed E-state index contributed by atoms with van der Waals surface area (Å²) in [7, 11) is 2.07. The molecule has 4 nitrogen and oxygen atoms in total. The van der Waals surface area contributed by atoms with Crippen LogP contribution < -0.4 is 4.90 Å². The Kier molecular flexibility index (Phi) is 5.14. The summed E-state index contributed by atoms with van der Waals surface area (Å²) in [6.45, 7) is 4.63. The van der Waals surface area contributed by atoms with Crippen LogP contribution in [0.5, 0.6) is 0 Å². The number of hydrogen-bond acceptors (Lipinski definition) is 3. The van der Waals surface area contributed by atoms with Gasteiger partial charge in [0.05, 0.1) is 11.9 Å². The molecule has 0 fully saturated rings. The van der Waals surface area contributed by atoms with E-state index in [1.165, 1.54) is 17.5 Å². The lowest BCUT2D eigenvalue weighted by atomic mass is 10.00. The predicted molar refractivity (Wildman–Crippen MR) is 97.3 cm³/mol. The van der Waals surface area contributed by atoms with Crippen molar-refractivity contribution in [3.05, 3.63) is 59.4 Å². The largest absolute Gasteiger partial charge is 0.373 e. The van der Waals surface area contributed by atoms with Crippen molar-refractivity contribution in [3.63, 3.8) is 0 Å². The Morgan fingerprint density at radius 2 is 2.00 bits per heavy atom. The number of aromatic nitrogens is 1. The zero-order valence-electron chi connectivity index (χ0n) is 14.5. The van der Waals surface area contributed by atoms with Crippen molar-refractivity contribution >= 4 is 11.6 Å². The Morgan fingerprint density at radius 1 is 1.21 bits per heavy atom. The Bertz CT molecular complexity index is 696. The molecule has 2 aromatic rings. The molecule has 0 atom stereocenters. The van der Waals surface area contributed by atoms with Crippen LogP contribution in [-0.2, 0) is 13.0 Å². The van der Waals surface area contributed by atoms with Gasteiger partial charge < -0.3 is 9.80 Å². The molecule has 126 valence electrons. The summed E-state index contributed by atoms with van der Waals surface area (Å²) in [6.07, 6.45) is 5.05. The molecule has 0 aliphatic carbocycles. The van der Waals surface area contributed by atoms with Gasteiger partial charge in [-0.2, -0.15) is 0 Å². The van der Waals surface area contributed by atoms with Gasteiger partial charge in [-0.3, -0.25) is 4.79 Å². The molecular weight excluding hydrogens is 298 g/mol. The smallest absolute Gasteiger partial charge is 0.272 e. The number of hydrogen-bond donors (Lipinski definition) is 0. The second-order valence-electron chi connectivity index (χ2n) is 6.42. The highest BCUT2D eigenvalue weighted by molar-refractivity contribution is 5.92. The summed E-state index contributed by atoms with van der Waals surface area (Å²) in [5.74, 6) is 0.0206. The van der Waals surface area contributed by atoms with E-state index in [1.54, 1.807) is 6.20 Å². The molecule has 1 aromatic carbocycles. The van der Waals surface area contributed by atoms with Crippen molar-refractivity contribution in [2.75, 3.05) is 25.0 Å². The summed E-state index contributed by atoms with van der Waals surface area (Å²) >= 11 is 0. The van der Waals surface area contributed by atoms with Gasteiger partial charge in [0.1, 0.15) is 5.69 Å². The minimum absolute atomic E-state index is 0.0206. The molecule has 0 saturated carbocycles. The van der Waals surface area contributed by atoms with E-state index >= 15 is 0 Å². The average Bonchev–Trinajstić information content (AvgIpc) is 2.65. The fraction of sp³-hybridized carbons (Fsp3) is 0.400. The number of anilines is 1. The van der Waals surface area contributed by atoms with Crippen LogP contribution in [0.4, 0.5) is 5.69 Å². The Labute approximate surface area is 144 Å². The molecule has 1 aliphatic rings. The molecule has 3 rings (SSSR count). The van der Waals surface area contributed by atoms with Crippen LogP contribution in [0.15, 0.2) is 42.6 Å². The van der Waals surface area contributed by atoms with Crippen LogP contribution >= 0.6 is 0 Å². The van der Waals surface area contributed by atoms with Gasteiger partial charge in [-0.1, -0.05) is 37.6 Å². The van der Waals surface area contributed by atoms with Crippen LogP contribution in [0.1, 0.15) is 41.4 Å². The number of pyridine rings is 1. The molecule has 0 bridgehead atoms. The fourth-order valence-corrected chi connectivity index (χ4v) is 3.09. The Morgan fingerprint density at radius 3 is 2.71 bits per heavy atom. The van der Waals surface area contributed by atoms with Gasteiger partial charge in [0.25, 0.3) is 5.91 Å². The van der Waals surface area contributed by atoms with Crippen molar-refractivity contribution < 1.29 is 4.79 Å². The van der Waals surface area contributed by atoms with Crippen molar-refractivity contribution in [2.45, 2.75) is 32.7 Å². The average molecular weight is 323 g/mol.